The van der Waals surface area contributed by atoms with Crippen molar-refractivity contribution < 1.29 is 18.1 Å². The second-order valence-electron chi connectivity index (χ2n) is 4.69. The molecule has 0 saturated carbocycles. The summed E-state index contributed by atoms with van der Waals surface area (Å²) >= 11 is 0.821. The van der Waals surface area contributed by atoms with Crippen LogP contribution in [0, 0.1) is 6.92 Å². The van der Waals surface area contributed by atoms with Gasteiger partial charge >= 0.3 is 0 Å². The number of oxime groups is 1. The molecule has 1 aromatic rings. The molecule has 2 rings (SSSR count). The lowest BCUT2D eigenvalue weighted by molar-refractivity contribution is 0.0123. The van der Waals surface area contributed by atoms with Gasteiger partial charge in [-0.15, -0.1) is 0 Å². The third kappa shape index (κ3) is 2.50. The smallest absolute Gasteiger partial charge is 0.154 e. The second-order valence-corrected chi connectivity index (χ2v) is 6.44. The summed E-state index contributed by atoms with van der Waals surface area (Å²) in [4.78, 5) is 5.21. The van der Waals surface area contributed by atoms with Crippen LogP contribution in [0.25, 0.3) is 0 Å². The Labute approximate surface area is 115 Å². The van der Waals surface area contributed by atoms with E-state index in [1.807, 2.05) is 13.8 Å². The number of nitrogens with zero attached hydrogens (tertiary/aromatic N) is 2. The Kier molecular flexibility index (Phi) is 3.61. The molecule has 2 unspecified atom stereocenters. The van der Waals surface area contributed by atoms with Gasteiger partial charge in [0, 0.05) is 12.0 Å². The maximum Gasteiger partial charge on any atom is 0.154 e. The summed E-state index contributed by atoms with van der Waals surface area (Å²) in [6.45, 7) is 5.36. The summed E-state index contributed by atoms with van der Waals surface area (Å²) in [7, 11) is 0. The van der Waals surface area contributed by atoms with Crippen molar-refractivity contribution in [3.8, 4) is 0 Å². The zero-order valence-corrected chi connectivity index (χ0v) is 12.5. The van der Waals surface area contributed by atoms with Gasteiger partial charge in [0.25, 0.3) is 0 Å². The molecule has 0 saturated heterocycles. The molecule has 0 N–H and O–H groups in total. The average molecular weight is 336 g/mol. The molecule has 0 radical (unpaired) electrons. The van der Waals surface area contributed by atoms with Crippen molar-refractivity contribution in [3.05, 3.63) is 15.9 Å². The van der Waals surface area contributed by atoms with Crippen LogP contribution in [-0.4, -0.2) is 25.2 Å². The molecular formula is C10H12BrN2O4S-. The lowest BCUT2D eigenvalue weighted by atomic mass is 9.98. The molecule has 0 aliphatic carbocycles. The molecule has 6 nitrogen and oxygen atoms in total. The minimum atomic E-state index is -2.37. The Morgan fingerprint density at radius 1 is 1.56 bits per heavy atom. The largest absolute Gasteiger partial charge is 0.772 e. The molecule has 18 heavy (non-hydrogen) atoms. The highest BCUT2D eigenvalue weighted by molar-refractivity contribution is 9.10. The number of rotatable bonds is 3. The van der Waals surface area contributed by atoms with E-state index >= 15 is 0 Å². The standard InChI is InChI=1S/C10H13BrN2O4S/c1-5-7(9(11)13-16-5)8(18(14)15)6-4-10(2,3)17-12-6/h8H,4H2,1-3H3,(H,14,15)/p-1. The highest BCUT2D eigenvalue weighted by Gasteiger charge is 2.36. The average Bonchev–Trinajstić information content (AvgIpc) is 2.75. The SMILES string of the molecule is Cc1onc(Br)c1C(C1=NOC(C)(C)C1)S(=O)[O-]. The molecular weight excluding hydrogens is 324 g/mol. The molecule has 0 bridgehead atoms. The van der Waals surface area contributed by atoms with Crippen molar-refractivity contribution in [1.29, 1.82) is 0 Å². The number of halogens is 1. The molecule has 1 aliphatic heterocycles. The van der Waals surface area contributed by atoms with Crippen molar-refractivity contribution in [3.63, 3.8) is 0 Å². The van der Waals surface area contributed by atoms with Gasteiger partial charge in [0.05, 0.1) is 11.0 Å². The summed E-state index contributed by atoms with van der Waals surface area (Å²) in [5.41, 5.74) is 0.452. The molecule has 1 aromatic heterocycles. The first-order chi connectivity index (χ1) is 8.32. The van der Waals surface area contributed by atoms with Crippen LogP contribution in [0.15, 0.2) is 14.3 Å². The van der Waals surface area contributed by atoms with Crippen molar-refractivity contribution in [1.82, 2.24) is 5.16 Å². The van der Waals surface area contributed by atoms with Crippen molar-refractivity contribution in [2.45, 2.75) is 38.0 Å². The first-order valence-electron chi connectivity index (χ1n) is 5.26. The van der Waals surface area contributed by atoms with E-state index in [2.05, 4.69) is 26.2 Å². The third-order valence-electron chi connectivity index (χ3n) is 2.64. The van der Waals surface area contributed by atoms with Crippen LogP contribution in [0.3, 0.4) is 0 Å². The second kappa shape index (κ2) is 4.75. The zero-order valence-electron chi connectivity index (χ0n) is 10.1. The molecule has 0 spiro atoms. The van der Waals surface area contributed by atoms with Gasteiger partial charge in [-0.05, 0) is 47.8 Å². The predicted molar refractivity (Wildman–Crippen MR) is 67.8 cm³/mol. The van der Waals surface area contributed by atoms with Crippen LogP contribution in [0.1, 0.15) is 36.8 Å². The molecule has 0 aromatic carbocycles. The van der Waals surface area contributed by atoms with E-state index in [1.165, 1.54) is 0 Å². The fraction of sp³-hybridized carbons (Fsp3) is 0.600. The highest BCUT2D eigenvalue weighted by Crippen LogP contribution is 2.36. The van der Waals surface area contributed by atoms with Gasteiger partial charge in [-0.3, -0.25) is 4.21 Å². The lowest BCUT2D eigenvalue weighted by Crippen LogP contribution is -2.23. The van der Waals surface area contributed by atoms with E-state index in [9.17, 15) is 8.76 Å². The fourth-order valence-corrected chi connectivity index (χ4v) is 3.39. The van der Waals surface area contributed by atoms with Gasteiger partial charge in [-0.25, -0.2) is 0 Å². The van der Waals surface area contributed by atoms with E-state index < -0.39 is 21.9 Å². The van der Waals surface area contributed by atoms with Crippen LogP contribution in [0.4, 0.5) is 0 Å². The van der Waals surface area contributed by atoms with Gasteiger partial charge < -0.3 is 13.9 Å². The number of aryl methyl sites for hydroxylation is 1. The van der Waals surface area contributed by atoms with E-state index in [1.54, 1.807) is 6.92 Å². The first kappa shape index (κ1) is 13.7. The number of hydrogen-bond donors (Lipinski definition) is 0. The first-order valence-corrected chi connectivity index (χ1v) is 7.19. The van der Waals surface area contributed by atoms with Gasteiger partial charge in [0.15, 0.2) is 4.60 Å². The van der Waals surface area contributed by atoms with Gasteiger partial charge in [-0.2, -0.15) is 0 Å². The van der Waals surface area contributed by atoms with Crippen molar-refractivity contribution >= 4 is 32.7 Å². The molecule has 1 aliphatic rings. The maximum absolute atomic E-state index is 11.5. The Morgan fingerprint density at radius 3 is 2.61 bits per heavy atom. The minimum absolute atomic E-state index is 0.376. The summed E-state index contributed by atoms with van der Waals surface area (Å²) in [5.74, 6) is 0.448. The topological polar surface area (TPSA) is 87.8 Å². The van der Waals surface area contributed by atoms with Crippen LogP contribution in [-0.2, 0) is 15.9 Å². The van der Waals surface area contributed by atoms with E-state index in [0.717, 1.165) is 0 Å². The Balaban J connectivity index is 2.40. The van der Waals surface area contributed by atoms with Crippen LogP contribution >= 0.6 is 15.9 Å². The molecule has 2 heterocycles. The van der Waals surface area contributed by atoms with E-state index in [0.29, 0.717) is 28.1 Å². The Bertz CT molecular complexity index is 506. The minimum Gasteiger partial charge on any atom is -0.772 e. The van der Waals surface area contributed by atoms with Gasteiger partial charge in [0.2, 0.25) is 0 Å². The molecule has 8 heteroatoms. The zero-order chi connectivity index (χ0) is 13.5. The van der Waals surface area contributed by atoms with E-state index in [4.69, 9.17) is 9.36 Å². The Morgan fingerprint density at radius 2 is 2.22 bits per heavy atom. The lowest BCUT2D eigenvalue weighted by Gasteiger charge is -2.19. The quantitative estimate of drug-likeness (QED) is 0.790. The van der Waals surface area contributed by atoms with Crippen molar-refractivity contribution in [2.24, 2.45) is 5.16 Å². The predicted octanol–water partition coefficient (Wildman–Crippen LogP) is 2.22. The van der Waals surface area contributed by atoms with Crippen molar-refractivity contribution in [2.75, 3.05) is 0 Å². The van der Waals surface area contributed by atoms with Gasteiger partial charge in [-0.1, -0.05) is 10.3 Å². The van der Waals surface area contributed by atoms with Gasteiger partial charge in [0.1, 0.15) is 11.4 Å². The highest BCUT2D eigenvalue weighted by atomic mass is 79.9. The van der Waals surface area contributed by atoms with Crippen LogP contribution in [0.2, 0.25) is 0 Å². The maximum atomic E-state index is 11.5. The monoisotopic (exact) mass is 335 g/mol. The summed E-state index contributed by atoms with van der Waals surface area (Å²) in [6.07, 6.45) is 0.447. The summed E-state index contributed by atoms with van der Waals surface area (Å²) < 4.78 is 28.3. The molecule has 0 fully saturated rings. The Hall–Kier alpha value is -0.730. The normalized spacial score (nSPS) is 21.3. The number of aromatic nitrogens is 1. The molecule has 0 amide bonds. The fourth-order valence-electron chi connectivity index (χ4n) is 1.84. The summed E-state index contributed by atoms with van der Waals surface area (Å²) in [5, 5.41) is 6.69. The third-order valence-corrected chi connectivity index (χ3v) is 4.10. The molecule has 2 atom stereocenters. The van der Waals surface area contributed by atoms with E-state index in [-0.39, 0.29) is 0 Å². The molecule has 100 valence electrons. The van der Waals surface area contributed by atoms with Crippen LogP contribution < -0.4 is 0 Å². The summed E-state index contributed by atoms with van der Waals surface area (Å²) in [6, 6.07) is 0. The van der Waals surface area contributed by atoms with Crippen LogP contribution in [0.5, 0.6) is 0 Å². The number of hydrogen-bond acceptors (Lipinski definition) is 6.